The number of rotatable bonds is 6. The molecule has 0 amide bonds. The van der Waals surface area contributed by atoms with Gasteiger partial charge >= 0.3 is 0 Å². The first-order valence-corrected chi connectivity index (χ1v) is 12.3. The van der Waals surface area contributed by atoms with Gasteiger partial charge in [-0.2, -0.15) is 11.3 Å². The summed E-state index contributed by atoms with van der Waals surface area (Å²) >= 11 is 1.65. The van der Waals surface area contributed by atoms with Crippen molar-refractivity contribution in [1.82, 2.24) is 4.98 Å². The molecule has 158 valence electrons. The normalized spacial score (nSPS) is 19.6. The van der Waals surface area contributed by atoms with Gasteiger partial charge in [-0.1, -0.05) is 18.2 Å². The molecule has 1 aromatic carbocycles. The van der Waals surface area contributed by atoms with Gasteiger partial charge in [0.2, 0.25) is 0 Å². The maximum absolute atomic E-state index is 13.2. The van der Waals surface area contributed by atoms with Crippen molar-refractivity contribution in [3.8, 4) is 0 Å². The average Bonchev–Trinajstić information content (AvgIpc) is 3.30. The minimum atomic E-state index is -3.68. The zero-order valence-electron chi connectivity index (χ0n) is 17.0. The minimum absolute atomic E-state index is 0.0149. The molecule has 1 saturated heterocycles. The number of benzene rings is 1. The zero-order chi connectivity index (χ0) is 21.1. The van der Waals surface area contributed by atoms with Crippen LogP contribution in [0.4, 0.5) is 11.5 Å². The fourth-order valence-corrected chi connectivity index (χ4v) is 5.83. The first kappa shape index (κ1) is 20.8. The van der Waals surface area contributed by atoms with Gasteiger partial charge in [0.1, 0.15) is 16.8 Å². The van der Waals surface area contributed by atoms with Gasteiger partial charge in [0.15, 0.2) is 0 Å². The van der Waals surface area contributed by atoms with Crippen LogP contribution in [0.2, 0.25) is 0 Å². The van der Waals surface area contributed by atoms with Crippen molar-refractivity contribution in [1.29, 1.82) is 0 Å². The summed E-state index contributed by atoms with van der Waals surface area (Å²) in [6.45, 7) is 5.61. The molecule has 0 radical (unpaired) electrons. The van der Waals surface area contributed by atoms with Crippen LogP contribution in [0.15, 0.2) is 70.4 Å². The lowest BCUT2D eigenvalue weighted by Crippen LogP contribution is -2.43. The number of ether oxygens (including phenoxy) is 1. The zero-order valence-corrected chi connectivity index (χ0v) is 18.6. The first-order chi connectivity index (χ1) is 14.5. The van der Waals surface area contributed by atoms with E-state index >= 15 is 0 Å². The summed E-state index contributed by atoms with van der Waals surface area (Å²) in [5.41, 5.74) is 1.81. The molecule has 30 heavy (non-hydrogen) atoms. The van der Waals surface area contributed by atoms with Gasteiger partial charge in [-0.3, -0.25) is 4.31 Å². The van der Waals surface area contributed by atoms with Crippen LogP contribution in [0.1, 0.15) is 25.5 Å². The summed E-state index contributed by atoms with van der Waals surface area (Å²) in [4.78, 5) is 6.84. The Morgan fingerprint density at radius 2 is 1.97 bits per heavy atom. The van der Waals surface area contributed by atoms with Crippen LogP contribution < -0.4 is 9.21 Å². The number of sulfonamides is 1. The Bertz CT molecular complexity index is 1050. The van der Waals surface area contributed by atoms with Crippen molar-refractivity contribution in [3.05, 3.63) is 71.1 Å². The maximum atomic E-state index is 13.2. The standard InChI is InChI=1S/C22H25N3O3S2/c1-3-25(19-7-5-4-6-8-19)30(26,27)20-9-10-22(23-13-20)24-14-17(2)28-21(15-24)18-11-12-29-16-18/h4-13,16-17,21H,3,14-15H2,1-2H3. The van der Waals surface area contributed by atoms with Gasteiger partial charge in [-0.15, -0.1) is 0 Å². The molecule has 2 atom stereocenters. The highest BCUT2D eigenvalue weighted by Crippen LogP contribution is 2.30. The molecule has 3 aromatic rings. The molecule has 1 aliphatic heterocycles. The van der Waals surface area contributed by atoms with E-state index in [2.05, 4.69) is 21.3 Å². The molecule has 8 heteroatoms. The molecule has 3 heterocycles. The Kier molecular flexibility index (Phi) is 6.08. The van der Waals surface area contributed by atoms with Crippen LogP contribution in [0.25, 0.3) is 0 Å². The number of aromatic nitrogens is 1. The maximum Gasteiger partial charge on any atom is 0.265 e. The van der Waals surface area contributed by atoms with Crippen molar-refractivity contribution in [2.45, 2.75) is 31.0 Å². The Hall–Kier alpha value is -2.42. The second-order valence-corrected chi connectivity index (χ2v) is 9.90. The Morgan fingerprint density at radius 3 is 2.60 bits per heavy atom. The summed E-state index contributed by atoms with van der Waals surface area (Å²) in [6, 6.07) is 14.6. The highest BCUT2D eigenvalue weighted by molar-refractivity contribution is 7.92. The Balaban J connectivity index is 1.56. The van der Waals surface area contributed by atoms with E-state index in [4.69, 9.17) is 4.74 Å². The van der Waals surface area contributed by atoms with Crippen LogP contribution in [0.5, 0.6) is 0 Å². The van der Waals surface area contributed by atoms with Gasteiger partial charge in [0.25, 0.3) is 10.0 Å². The molecule has 2 aromatic heterocycles. The van der Waals surface area contributed by atoms with Gasteiger partial charge in [0, 0.05) is 25.8 Å². The van der Waals surface area contributed by atoms with E-state index in [1.165, 1.54) is 10.5 Å². The molecule has 0 aliphatic carbocycles. The summed E-state index contributed by atoms with van der Waals surface area (Å²) in [6.07, 6.45) is 1.50. The monoisotopic (exact) mass is 443 g/mol. The Labute approximate surface area is 181 Å². The molecule has 4 rings (SSSR count). The molecule has 0 bridgehead atoms. The molecule has 6 nitrogen and oxygen atoms in total. The fourth-order valence-electron chi connectivity index (χ4n) is 3.71. The summed E-state index contributed by atoms with van der Waals surface area (Å²) < 4.78 is 33.8. The van der Waals surface area contributed by atoms with Crippen LogP contribution in [0, 0.1) is 0 Å². The first-order valence-electron chi connectivity index (χ1n) is 9.95. The van der Waals surface area contributed by atoms with E-state index in [9.17, 15) is 8.42 Å². The molecule has 0 spiro atoms. The lowest BCUT2D eigenvalue weighted by atomic mass is 10.1. The summed E-state index contributed by atoms with van der Waals surface area (Å²) in [5, 5.41) is 4.15. The third-order valence-electron chi connectivity index (χ3n) is 5.14. The van der Waals surface area contributed by atoms with Gasteiger partial charge < -0.3 is 9.64 Å². The molecule has 0 saturated carbocycles. The molecule has 0 N–H and O–H groups in total. The lowest BCUT2D eigenvalue weighted by Gasteiger charge is -2.37. The predicted octanol–water partition coefficient (Wildman–Crippen LogP) is 4.32. The minimum Gasteiger partial charge on any atom is -0.367 e. The fraction of sp³-hybridized carbons (Fsp3) is 0.318. The number of thiophene rings is 1. The van der Waals surface area contributed by atoms with Gasteiger partial charge in [-0.25, -0.2) is 13.4 Å². The third-order valence-corrected chi connectivity index (χ3v) is 7.73. The number of anilines is 2. The van der Waals surface area contributed by atoms with Crippen LogP contribution in [-0.2, 0) is 14.8 Å². The van der Waals surface area contributed by atoms with E-state index < -0.39 is 10.0 Å². The highest BCUT2D eigenvalue weighted by atomic mass is 32.2. The van der Waals surface area contributed by atoms with Crippen molar-refractivity contribution >= 4 is 32.9 Å². The van der Waals surface area contributed by atoms with Crippen molar-refractivity contribution in [3.63, 3.8) is 0 Å². The van der Waals surface area contributed by atoms with E-state index in [-0.39, 0.29) is 17.1 Å². The van der Waals surface area contributed by atoms with Crippen molar-refractivity contribution < 1.29 is 13.2 Å². The largest absolute Gasteiger partial charge is 0.367 e. The topological polar surface area (TPSA) is 62.7 Å². The van der Waals surface area contributed by atoms with E-state index in [0.717, 1.165) is 11.4 Å². The van der Waals surface area contributed by atoms with Crippen molar-refractivity contribution in [2.24, 2.45) is 0 Å². The smallest absolute Gasteiger partial charge is 0.265 e. The highest BCUT2D eigenvalue weighted by Gasteiger charge is 2.29. The second-order valence-electron chi connectivity index (χ2n) is 7.25. The van der Waals surface area contributed by atoms with Crippen molar-refractivity contribution in [2.75, 3.05) is 28.8 Å². The summed E-state index contributed by atoms with van der Waals surface area (Å²) in [7, 11) is -3.68. The molecule has 1 fully saturated rings. The molecular weight excluding hydrogens is 418 g/mol. The quantitative estimate of drug-likeness (QED) is 0.568. The molecule has 1 aliphatic rings. The Morgan fingerprint density at radius 1 is 1.17 bits per heavy atom. The summed E-state index contributed by atoms with van der Waals surface area (Å²) in [5.74, 6) is 0.757. The average molecular weight is 444 g/mol. The van der Waals surface area contributed by atoms with E-state index in [1.54, 1.807) is 35.6 Å². The van der Waals surface area contributed by atoms with Crippen LogP contribution >= 0.6 is 11.3 Å². The van der Waals surface area contributed by atoms with Gasteiger partial charge in [-0.05, 0) is 60.5 Å². The predicted molar refractivity (Wildman–Crippen MR) is 121 cm³/mol. The molecule has 2 unspecified atom stereocenters. The van der Waals surface area contributed by atoms with E-state index in [1.807, 2.05) is 37.4 Å². The number of hydrogen-bond donors (Lipinski definition) is 0. The van der Waals surface area contributed by atoms with Crippen LogP contribution in [0.3, 0.4) is 0 Å². The number of para-hydroxylation sites is 1. The number of morpholine rings is 1. The number of hydrogen-bond acceptors (Lipinski definition) is 6. The van der Waals surface area contributed by atoms with Crippen LogP contribution in [-0.4, -0.2) is 39.1 Å². The molecular formula is C22H25N3O3S2. The lowest BCUT2D eigenvalue weighted by molar-refractivity contribution is -0.0174. The second kappa shape index (κ2) is 8.75. The third kappa shape index (κ3) is 4.21. The number of nitrogens with zero attached hydrogens (tertiary/aromatic N) is 3. The van der Waals surface area contributed by atoms with E-state index in [0.29, 0.717) is 25.3 Å². The van der Waals surface area contributed by atoms with Gasteiger partial charge in [0.05, 0.1) is 11.8 Å². The SMILES string of the molecule is CCN(c1ccccc1)S(=O)(=O)c1ccc(N2CC(C)OC(c3ccsc3)C2)nc1. The number of pyridine rings is 1.